The number of hydrogen-bond donors (Lipinski definition) is 1. The second-order valence-electron chi connectivity index (χ2n) is 5.40. The molecule has 0 aliphatic carbocycles. The molecule has 1 fully saturated rings. The van der Waals surface area contributed by atoms with Gasteiger partial charge in [-0.15, -0.1) is 6.58 Å². The van der Waals surface area contributed by atoms with E-state index in [4.69, 9.17) is 15.2 Å². The summed E-state index contributed by atoms with van der Waals surface area (Å²) in [5.74, 6) is -4.20. The molecule has 24 heavy (non-hydrogen) atoms. The minimum Gasteiger partial charge on any atom is -0.550 e. The maximum absolute atomic E-state index is 12.3. The minimum absolute atomic E-state index is 0.0168. The van der Waals surface area contributed by atoms with Crippen LogP contribution in [0, 0.1) is 11.8 Å². The first-order valence-corrected chi connectivity index (χ1v) is 7.67. The van der Waals surface area contributed by atoms with Crippen LogP contribution in [0.3, 0.4) is 0 Å². The van der Waals surface area contributed by atoms with Crippen molar-refractivity contribution >= 4 is 18.0 Å². The van der Waals surface area contributed by atoms with E-state index in [9.17, 15) is 14.7 Å². The molecule has 0 aromatic heterocycles. The van der Waals surface area contributed by atoms with Crippen molar-refractivity contribution in [3.63, 3.8) is 0 Å². The van der Waals surface area contributed by atoms with Gasteiger partial charge in [-0.25, -0.2) is 0 Å². The number of carbonyl (C=O) groups excluding carboxylic acids is 2. The summed E-state index contributed by atoms with van der Waals surface area (Å²) in [5, 5.41) is 11.5. The molecule has 128 valence electrons. The molecule has 1 aromatic rings. The molecule has 0 spiro atoms. The van der Waals surface area contributed by atoms with Crippen molar-refractivity contribution in [2.24, 2.45) is 17.6 Å². The molecule has 4 atom stereocenters. The van der Waals surface area contributed by atoms with Crippen LogP contribution in [0.25, 0.3) is 6.08 Å². The van der Waals surface area contributed by atoms with Crippen molar-refractivity contribution in [2.45, 2.75) is 12.2 Å². The van der Waals surface area contributed by atoms with Crippen molar-refractivity contribution in [2.75, 3.05) is 13.2 Å². The van der Waals surface area contributed by atoms with Gasteiger partial charge in [-0.05, 0) is 5.56 Å². The zero-order valence-electron chi connectivity index (χ0n) is 13.2. The summed E-state index contributed by atoms with van der Waals surface area (Å²) >= 11 is 0. The molecule has 1 heterocycles. The average Bonchev–Trinajstić information content (AvgIpc) is 2.97. The van der Waals surface area contributed by atoms with Crippen molar-refractivity contribution in [1.29, 1.82) is 0 Å². The van der Waals surface area contributed by atoms with Crippen molar-refractivity contribution < 1.29 is 24.2 Å². The number of esters is 1. The molecular weight excluding hydrogens is 310 g/mol. The van der Waals surface area contributed by atoms with E-state index >= 15 is 0 Å². The first kappa shape index (κ1) is 17.9. The maximum atomic E-state index is 12.3. The summed E-state index contributed by atoms with van der Waals surface area (Å²) in [6.07, 6.45) is 3.21. The van der Waals surface area contributed by atoms with E-state index in [0.717, 1.165) is 5.56 Å². The van der Waals surface area contributed by atoms with Gasteiger partial charge in [0, 0.05) is 18.4 Å². The summed E-state index contributed by atoms with van der Waals surface area (Å²) < 4.78 is 10.7. The molecule has 6 nitrogen and oxygen atoms in total. The van der Waals surface area contributed by atoms with E-state index in [0.29, 0.717) is 0 Å². The molecule has 2 rings (SSSR count). The van der Waals surface area contributed by atoms with Crippen molar-refractivity contribution in [3.05, 3.63) is 54.6 Å². The summed E-state index contributed by atoms with van der Waals surface area (Å²) in [7, 11) is 0. The Morgan fingerprint density at radius 3 is 2.54 bits per heavy atom. The standard InChI is InChI=1S/C18H21NO5/c1-2-13-15(17(20)21)16(18(22)23-11-10-19)14(24-13)9-8-12-6-4-3-5-7-12/h2-9,13-16H,1,10-11,19H2,(H,20,21)/p-1/b9-8+/t13-,14+,15-,16+/m0/s1. The number of carboxylic acid groups (broad SMARTS) is 1. The third-order valence-corrected chi connectivity index (χ3v) is 3.83. The Labute approximate surface area is 140 Å². The molecule has 0 bridgehead atoms. The van der Waals surface area contributed by atoms with Gasteiger partial charge in [-0.3, -0.25) is 4.79 Å². The number of hydrogen-bond acceptors (Lipinski definition) is 6. The highest BCUT2D eigenvalue weighted by molar-refractivity contribution is 5.82. The van der Waals surface area contributed by atoms with Crippen molar-refractivity contribution in [1.82, 2.24) is 0 Å². The van der Waals surface area contributed by atoms with Crippen LogP contribution in [0.15, 0.2) is 49.1 Å². The van der Waals surface area contributed by atoms with Gasteiger partial charge < -0.3 is 25.1 Å². The Morgan fingerprint density at radius 2 is 1.96 bits per heavy atom. The fourth-order valence-electron chi connectivity index (χ4n) is 2.71. The summed E-state index contributed by atoms with van der Waals surface area (Å²) in [5.41, 5.74) is 6.23. The molecular formula is C18H20NO5-. The maximum Gasteiger partial charge on any atom is 0.312 e. The van der Waals surface area contributed by atoms with E-state index < -0.39 is 36.0 Å². The molecule has 6 heteroatoms. The first-order valence-electron chi connectivity index (χ1n) is 7.67. The highest BCUT2D eigenvalue weighted by Gasteiger charge is 2.47. The highest BCUT2D eigenvalue weighted by Crippen LogP contribution is 2.35. The first-order chi connectivity index (χ1) is 11.6. The summed E-state index contributed by atoms with van der Waals surface area (Å²) in [4.78, 5) is 23.8. The lowest BCUT2D eigenvalue weighted by Crippen LogP contribution is -2.43. The number of benzene rings is 1. The molecule has 0 amide bonds. The summed E-state index contributed by atoms with van der Waals surface area (Å²) in [6, 6.07) is 9.40. The van der Waals surface area contributed by atoms with Crippen molar-refractivity contribution in [3.8, 4) is 0 Å². The van der Waals surface area contributed by atoms with Crippen LogP contribution >= 0.6 is 0 Å². The van der Waals surface area contributed by atoms with Gasteiger partial charge in [0.05, 0.1) is 18.1 Å². The Kier molecular flexibility index (Phi) is 6.28. The number of rotatable bonds is 7. The fourth-order valence-corrected chi connectivity index (χ4v) is 2.71. The molecule has 0 radical (unpaired) electrons. The van der Waals surface area contributed by atoms with E-state index in [1.807, 2.05) is 30.3 Å². The molecule has 2 N–H and O–H groups in total. The Bertz CT molecular complexity index is 613. The summed E-state index contributed by atoms with van der Waals surface area (Å²) in [6.45, 7) is 3.75. The zero-order valence-corrected chi connectivity index (χ0v) is 13.2. The molecule has 1 aliphatic rings. The topological polar surface area (TPSA) is 102 Å². The Hall–Kier alpha value is -2.44. The van der Waals surface area contributed by atoms with Gasteiger partial charge in [-0.1, -0.05) is 48.6 Å². The lowest BCUT2D eigenvalue weighted by Gasteiger charge is -2.21. The smallest absolute Gasteiger partial charge is 0.312 e. The SMILES string of the molecule is C=C[C@@H]1O[C@H](/C=C/c2ccccc2)[C@@H](C(=O)OCCN)[C@H]1C(=O)[O-]. The third-order valence-electron chi connectivity index (χ3n) is 3.83. The number of aliphatic carboxylic acids is 1. The van der Waals surface area contributed by atoms with Gasteiger partial charge >= 0.3 is 5.97 Å². The number of carboxylic acids is 1. The van der Waals surface area contributed by atoms with Gasteiger partial charge in [0.2, 0.25) is 0 Å². The van der Waals surface area contributed by atoms with E-state index in [1.165, 1.54) is 6.08 Å². The molecule has 1 saturated heterocycles. The second-order valence-corrected chi connectivity index (χ2v) is 5.40. The predicted molar refractivity (Wildman–Crippen MR) is 86.3 cm³/mol. The fraction of sp³-hybridized carbons (Fsp3) is 0.333. The number of nitrogens with two attached hydrogens (primary N) is 1. The van der Waals surface area contributed by atoms with Gasteiger partial charge in [0.25, 0.3) is 0 Å². The van der Waals surface area contributed by atoms with E-state index in [2.05, 4.69) is 6.58 Å². The zero-order chi connectivity index (χ0) is 17.5. The third kappa shape index (κ3) is 4.10. The van der Waals surface area contributed by atoms with E-state index in [-0.39, 0.29) is 13.2 Å². The normalized spacial score (nSPS) is 26.4. The predicted octanol–water partition coefficient (Wildman–Crippen LogP) is 0.137. The lowest BCUT2D eigenvalue weighted by atomic mass is 9.86. The lowest BCUT2D eigenvalue weighted by molar-refractivity contribution is -0.313. The van der Waals surface area contributed by atoms with Crippen LogP contribution < -0.4 is 10.8 Å². The van der Waals surface area contributed by atoms with Crippen LogP contribution in [-0.2, 0) is 19.1 Å². The average molecular weight is 330 g/mol. The van der Waals surface area contributed by atoms with Crippen LogP contribution in [0.4, 0.5) is 0 Å². The monoisotopic (exact) mass is 330 g/mol. The van der Waals surface area contributed by atoms with Crippen LogP contribution in [0.5, 0.6) is 0 Å². The Balaban J connectivity index is 2.25. The molecule has 1 aliphatic heterocycles. The van der Waals surface area contributed by atoms with Crippen LogP contribution in [0.1, 0.15) is 5.56 Å². The van der Waals surface area contributed by atoms with Crippen LogP contribution in [0.2, 0.25) is 0 Å². The number of ether oxygens (including phenoxy) is 2. The second kappa shape index (κ2) is 8.42. The molecule has 0 unspecified atom stereocenters. The van der Waals surface area contributed by atoms with Gasteiger partial charge in [-0.2, -0.15) is 0 Å². The highest BCUT2D eigenvalue weighted by atomic mass is 16.5. The molecule has 1 aromatic carbocycles. The van der Waals surface area contributed by atoms with Gasteiger partial charge in [0.15, 0.2) is 0 Å². The minimum atomic E-state index is -1.37. The van der Waals surface area contributed by atoms with Crippen LogP contribution in [-0.4, -0.2) is 37.3 Å². The van der Waals surface area contributed by atoms with E-state index in [1.54, 1.807) is 12.2 Å². The number of carbonyl (C=O) groups is 2. The van der Waals surface area contributed by atoms with Gasteiger partial charge in [0.1, 0.15) is 6.61 Å². The largest absolute Gasteiger partial charge is 0.550 e. The Morgan fingerprint density at radius 1 is 1.25 bits per heavy atom. The quantitative estimate of drug-likeness (QED) is 0.563. The molecule has 0 saturated carbocycles.